The van der Waals surface area contributed by atoms with Crippen LogP contribution in [0, 0.1) is 0 Å². The van der Waals surface area contributed by atoms with E-state index in [0.29, 0.717) is 0 Å². The Labute approximate surface area is 80.9 Å². The third-order valence-electron chi connectivity index (χ3n) is 1.31. The molecule has 1 aromatic rings. The van der Waals surface area contributed by atoms with Gasteiger partial charge >= 0.3 is 5.97 Å². The summed E-state index contributed by atoms with van der Waals surface area (Å²) in [5.74, 6) is -1.00. The Morgan fingerprint density at radius 3 is 2.77 bits per heavy atom. The molecule has 0 spiro atoms. The van der Waals surface area contributed by atoms with E-state index in [1.165, 1.54) is 6.33 Å². The van der Waals surface area contributed by atoms with Crippen molar-refractivity contribution in [3.63, 3.8) is 0 Å². The predicted molar refractivity (Wildman–Crippen MR) is 48.8 cm³/mol. The van der Waals surface area contributed by atoms with Crippen molar-refractivity contribution in [1.82, 2.24) is 9.97 Å². The molecule has 0 aliphatic heterocycles. The minimum Gasteiger partial charge on any atom is -0.480 e. The summed E-state index contributed by atoms with van der Waals surface area (Å²) in [6, 6.07) is -0.851. The Morgan fingerprint density at radius 2 is 2.38 bits per heavy atom. The van der Waals surface area contributed by atoms with E-state index in [-0.39, 0.29) is 24.3 Å². The van der Waals surface area contributed by atoms with Crippen molar-refractivity contribution in [1.29, 1.82) is 0 Å². The van der Waals surface area contributed by atoms with E-state index in [0.717, 1.165) is 5.69 Å². The molecule has 7 heteroatoms. The summed E-state index contributed by atoms with van der Waals surface area (Å²) in [7, 11) is 0. The highest BCUT2D eigenvalue weighted by molar-refractivity contribution is 5.85. The van der Waals surface area contributed by atoms with Crippen LogP contribution in [0.1, 0.15) is 5.69 Å². The number of hydrogen-bond acceptors (Lipinski definition) is 3. The summed E-state index contributed by atoms with van der Waals surface area (Å²) in [5.41, 5.74) is 6.00. The average molecular weight is 210 g/mol. The molecule has 0 fully saturated rings. The van der Waals surface area contributed by atoms with E-state index in [2.05, 4.69) is 9.97 Å². The predicted octanol–water partition coefficient (Wildman–Crippen LogP) is -1.04. The third kappa shape index (κ3) is 4.46. The summed E-state index contributed by atoms with van der Waals surface area (Å²) in [6.07, 6.45) is 3.34. The zero-order valence-electron chi connectivity index (χ0n) is 6.73. The van der Waals surface area contributed by atoms with Gasteiger partial charge in [0, 0.05) is 18.3 Å². The molecule has 0 aliphatic carbocycles. The normalized spacial score (nSPS) is 10.8. The van der Waals surface area contributed by atoms with E-state index in [4.69, 9.17) is 10.8 Å². The van der Waals surface area contributed by atoms with E-state index < -0.39 is 12.0 Å². The lowest BCUT2D eigenvalue weighted by Gasteiger charge is -2.02. The smallest absolute Gasteiger partial charge is 0.320 e. The van der Waals surface area contributed by atoms with E-state index in [1.54, 1.807) is 6.20 Å². The minimum absolute atomic E-state index is 0. The van der Waals surface area contributed by atoms with Crippen LogP contribution in [0.2, 0.25) is 0 Å². The number of halogens is 1. The zero-order chi connectivity index (χ0) is 8.27. The van der Waals surface area contributed by atoms with Crippen molar-refractivity contribution in [2.45, 2.75) is 12.5 Å². The largest absolute Gasteiger partial charge is 0.480 e. The fourth-order valence-corrected chi connectivity index (χ4v) is 0.721. The fourth-order valence-electron chi connectivity index (χ4n) is 0.721. The number of nitrogens with one attached hydrogen (secondary N) is 1. The molecule has 0 radical (unpaired) electrons. The quantitative estimate of drug-likeness (QED) is 0.588. The van der Waals surface area contributed by atoms with Crippen LogP contribution in [0.3, 0.4) is 0 Å². The van der Waals surface area contributed by atoms with Crippen LogP contribution in [0.4, 0.5) is 0 Å². The van der Waals surface area contributed by atoms with Gasteiger partial charge in [0.15, 0.2) is 0 Å². The SMILES string of the molecule is Cl.N[C@H](Cc1cnc[nH]1)C(=O)O.O. The van der Waals surface area contributed by atoms with E-state index >= 15 is 0 Å². The molecule has 0 saturated carbocycles. The number of carboxylic acid groups (broad SMARTS) is 1. The number of nitrogens with zero attached hydrogens (tertiary/aromatic N) is 1. The number of aromatic nitrogens is 2. The average Bonchev–Trinajstić information content (AvgIpc) is 2.39. The maximum atomic E-state index is 10.3. The van der Waals surface area contributed by atoms with Crippen molar-refractivity contribution >= 4 is 18.4 Å². The molecular weight excluding hydrogens is 198 g/mol. The Bertz CT molecular complexity index is 239. The van der Waals surface area contributed by atoms with E-state index in [1.807, 2.05) is 0 Å². The number of rotatable bonds is 3. The molecule has 0 aromatic carbocycles. The fraction of sp³-hybridized carbons (Fsp3) is 0.333. The number of carbonyl (C=O) groups is 1. The first kappa shape index (κ1) is 14.4. The maximum absolute atomic E-state index is 10.3. The summed E-state index contributed by atoms with van der Waals surface area (Å²) < 4.78 is 0. The highest BCUT2D eigenvalue weighted by Crippen LogP contribution is 1.95. The Kier molecular flexibility index (Phi) is 7.11. The summed E-state index contributed by atoms with van der Waals surface area (Å²) in [6.45, 7) is 0. The Morgan fingerprint density at radius 1 is 1.77 bits per heavy atom. The molecule has 1 atom stereocenters. The van der Waals surface area contributed by atoms with Gasteiger partial charge in [-0.3, -0.25) is 4.79 Å². The molecule has 1 aromatic heterocycles. The van der Waals surface area contributed by atoms with Crippen LogP contribution in [-0.4, -0.2) is 32.6 Å². The number of hydrogen-bond donors (Lipinski definition) is 3. The highest BCUT2D eigenvalue weighted by atomic mass is 35.5. The van der Waals surface area contributed by atoms with Gasteiger partial charge in [-0.25, -0.2) is 4.98 Å². The number of carboxylic acids is 1. The second-order valence-electron chi connectivity index (χ2n) is 2.23. The minimum atomic E-state index is -1.00. The Hall–Kier alpha value is -1.11. The number of H-pyrrole nitrogens is 1. The molecule has 0 bridgehead atoms. The van der Waals surface area contributed by atoms with Gasteiger partial charge in [0.2, 0.25) is 0 Å². The molecule has 1 heterocycles. The molecule has 6 N–H and O–H groups in total. The monoisotopic (exact) mass is 209 g/mol. The third-order valence-corrected chi connectivity index (χ3v) is 1.31. The molecule has 6 nitrogen and oxygen atoms in total. The molecule has 0 aliphatic rings. The van der Waals surface area contributed by atoms with Crippen LogP contribution in [0.15, 0.2) is 12.5 Å². The van der Waals surface area contributed by atoms with Crippen LogP contribution < -0.4 is 5.73 Å². The van der Waals surface area contributed by atoms with Gasteiger partial charge in [-0.15, -0.1) is 12.4 Å². The van der Waals surface area contributed by atoms with Crippen molar-refractivity contribution < 1.29 is 15.4 Å². The molecule has 1 rings (SSSR count). The van der Waals surface area contributed by atoms with Gasteiger partial charge in [0.05, 0.1) is 6.33 Å². The maximum Gasteiger partial charge on any atom is 0.320 e. The van der Waals surface area contributed by atoms with E-state index in [9.17, 15) is 4.79 Å². The highest BCUT2D eigenvalue weighted by Gasteiger charge is 2.11. The molecule has 0 amide bonds. The summed E-state index contributed by atoms with van der Waals surface area (Å²) in [5, 5.41) is 8.42. The molecule has 0 unspecified atom stereocenters. The van der Waals surface area contributed by atoms with Crippen molar-refractivity contribution in [3.05, 3.63) is 18.2 Å². The first-order chi connectivity index (χ1) is 5.20. The lowest BCUT2D eigenvalue weighted by Crippen LogP contribution is -2.32. The van der Waals surface area contributed by atoms with Gasteiger partial charge in [-0.1, -0.05) is 0 Å². The van der Waals surface area contributed by atoms with Gasteiger partial charge in [-0.05, 0) is 0 Å². The van der Waals surface area contributed by atoms with Crippen LogP contribution in [0.5, 0.6) is 0 Å². The van der Waals surface area contributed by atoms with Crippen LogP contribution in [0.25, 0.3) is 0 Å². The van der Waals surface area contributed by atoms with Gasteiger partial charge in [0.1, 0.15) is 6.04 Å². The standard InChI is InChI=1S/C6H9N3O2.ClH.H2O/c7-5(6(10)11)1-4-2-8-3-9-4;;/h2-3,5H,1,7H2,(H,8,9)(H,10,11);1H;1H2/t5-;;/m1../s1. The number of aliphatic carboxylic acids is 1. The summed E-state index contributed by atoms with van der Waals surface area (Å²) in [4.78, 5) is 16.8. The first-order valence-corrected chi connectivity index (χ1v) is 3.16. The Balaban J connectivity index is 0. The molecule has 76 valence electrons. The second-order valence-corrected chi connectivity index (χ2v) is 2.23. The van der Waals surface area contributed by atoms with Crippen molar-refractivity contribution in [2.24, 2.45) is 5.73 Å². The first-order valence-electron chi connectivity index (χ1n) is 3.16. The van der Waals surface area contributed by atoms with Gasteiger partial charge in [0.25, 0.3) is 0 Å². The molecular formula is C6H12ClN3O3. The number of aromatic amines is 1. The van der Waals surface area contributed by atoms with Crippen LogP contribution in [-0.2, 0) is 11.2 Å². The van der Waals surface area contributed by atoms with Gasteiger partial charge in [-0.2, -0.15) is 0 Å². The van der Waals surface area contributed by atoms with Crippen molar-refractivity contribution in [2.75, 3.05) is 0 Å². The second kappa shape index (κ2) is 6.41. The number of imidazole rings is 1. The topological polar surface area (TPSA) is 124 Å². The summed E-state index contributed by atoms with van der Waals surface area (Å²) >= 11 is 0. The number of nitrogens with two attached hydrogens (primary N) is 1. The zero-order valence-corrected chi connectivity index (χ0v) is 7.54. The molecule has 13 heavy (non-hydrogen) atoms. The lowest BCUT2D eigenvalue weighted by molar-refractivity contribution is -0.138. The lowest BCUT2D eigenvalue weighted by atomic mass is 10.2. The van der Waals surface area contributed by atoms with Gasteiger partial charge < -0.3 is 21.3 Å². The molecule has 0 saturated heterocycles. The van der Waals surface area contributed by atoms with Crippen LogP contribution >= 0.6 is 12.4 Å². The van der Waals surface area contributed by atoms with Crippen molar-refractivity contribution in [3.8, 4) is 0 Å².